The van der Waals surface area contributed by atoms with Gasteiger partial charge in [-0.25, -0.2) is 0 Å². The van der Waals surface area contributed by atoms with Crippen LogP contribution in [-0.4, -0.2) is 29.7 Å². The lowest BCUT2D eigenvalue weighted by Gasteiger charge is -2.04. The lowest BCUT2D eigenvalue weighted by molar-refractivity contribution is -0.145. The van der Waals surface area contributed by atoms with E-state index in [4.69, 9.17) is 0 Å². The van der Waals surface area contributed by atoms with E-state index in [1.54, 1.807) is 25.1 Å². The molecule has 0 saturated heterocycles. The number of esters is 1. The number of hydrogen-bond donors (Lipinski definition) is 1. The van der Waals surface area contributed by atoms with Gasteiger partial charge in [-0.05, 0) is 30.7 Å². The first kappa shape index (κ1) is 13.0. The molecule has 1 atom stereocenters. The molecule has 0 bridgehead atoms. The molecule has 2 rings (SSSR count). The Balaban J connectivity index is 2.30. The van der Waals surface area contributed by atoms with Crippen LogP contribution in [0, 0.1) is 5.92 Å². The summed E-state index contributed by atoms with van der Waals surface area (Å²) in [4.78, 5) is 27.7. The molecule has 1 aromatic carbocycles. The quantitative estimate of drug-likeness (QED) is 0.497. The minimum Gasteiger partial charge on any atom is -0.508 e. The highest BCUT2D eigenvalue weighted by Crippen LogP contribution is 2.23. The zero-order valence-electron chi connectivity index (χ0n) is 10.6. The smallest absolute Gasteiger partial charge is 0.322 e. The zero-order valence-corrected chi connectivity index (χ0v) is 10.6. The second-order valence-electron chi connectivity index (χ2n) is 4.19. The van der Waals surface area contributed by atoms with Gasteiger partial charge in [-0.1, -0.05) is 12.1 Å². The number of Topliss-reactive ketones (excluding diaryl/α,β-unsaturated/α-hetero) is 1. The SMILES string of the molecule is COC(=O)C1C(=O)/C(=C/c2ccc(O)cc2)N=C1C. The Kier molecular flexibility index (Phi) is 3.46. The summed E-state index contributed by atoms with van der Waals surface area (Å²) in [5.41, 5.74) is 1.38. The highest BCUT2D eigenvalue weighted by atomic mass is 16.5. The van der Waals surface area contributed by atoms with Crippen molar-refractivity contribution in [3.8, 4) is 5.75 Å². The minimum atomic E-state index is -0.937. The molecular formula is C14H13NO4. The van der Waals surface area contributed by atoms with Gasteiger partial charge in [-0.15, -0.1) is 0 Å². The van der Waals surface area contributed by atoms with Crippen molar-refractivity contribution in [2.45, 2.75) is 6.92 Å². The molecule has 0 radical (unpaired) electrons. The first-order valence-corrected chi connectivity index (χ1v) is 5.71. The van der Waals surface area contributed by atoms with Crippen LogP contribution in [-0.2, 0) is 14.3 Å². The Labute approximate surface area is 110 Å². The molecule has 0 saturated carbocycles. The summed E-state index contributed by atoms with van der Waals surface area (Å²) >= 11 is 0. The van der Waals surface area contributed by atoms with Crippen LogP contribution in [0.2, 0.25) is 0 Å². The van der Waals surface area contributed by atoms with E-state index in [2.05, 4.69) is 9.73 Å². The molecule has 0 spiro atoms. The van der Waals surface area contributed by atoms with Crippen molar-refractivity contribution in [2.24, 2.45) is 10.9 Å². The van der Waals surface area contributed by atoms with Gasteiger partial charge in [-0.3, -0.25) is 14.6 Å². The second kappa shape index (κ2) is 5.06. The third-order valence-corrected chi connectivity index (χ3v) is 2.86. The van der Waals surface area contributed by atoms with E-state index in [0.717, 1.165) is 5.56 Å². The maximum Gasteiger partial charge on any atom is 0.322 e. The van der Waals surface area contributed by atoms with Crippen LogP contribution < -0.4 is 0 Å². The summed E-state index contributed by atoms with van der Waals surface area (Å²) in [5.74, 6) is -1.75. The van der Waals surface area contributed by atoms with Gasteiger partial charge in [0.2, 0.25) is 5.78 Å². The number of ketones is 1. The number of ether oxygens (including phenoxy) is 1. The fourth-order valence-corrected chi connectivity index (χ4v) is 1.87. The molecule has 0 aliphatic carbocycles. The Hall–Kier alpha value is -2.43. The number of methoxy groups -OCH3 is 1. The van der Waals surface area contributed by atoms with E-state index >= 15 is 0 Å². The van der Waals surface area contributed by atoms with E-state index in [1.165, 1.54) is 19.2 Å². The van der Waals surface area contributed by atoms with Crippen LogP contribution in [0.5, 0.6) is 5.75 Å². The number of carbonyl (C=O) groups excluding carboxylic acids is 2. The molecule has 98 valence electrons. The van der Waals surface area contributed by atoms with E-state index < -0.39 is 11.9 Å². The highest BCUT2D eigenvalue weighted by Gasteiger charge is 2.37. The lowest BCUT2D eigenvalue weighted by Crippen LogP contribution is -2.27. The fourth-order valence-electron chi connectivity index (χ4n) is 1.87. The number of aliphatic imine (C=N–C) groups is 1. The number of rotatable bonds is 2. The van der Waals surface area contributed by atoms with E-state index in [-0.39, 0.29) is 17.2 Å². The average Bonchev–Trinajstić information content (AvgIpc) is 2.66. The van der Waals surface area contributed by atoms with E-state index in [1.807, 2.05) is 0 Å². The van der Waals surface area contributed by atoms with Crippen LogP contribution in [0.1, 0.15) is 12.5 Å². The number of benzene rings is 1. The number of carbonyl (C=O) groups is 2. The van der Waals surface area contributed by atoms with Crippen molar-refractivity contribution in [3.05, 3.63) is 35.5 Å². The molecule has 1 aromatic rings. The standard InChI is InChI=1S/C14H13NO4/c1-8-12(14(18)19-2)13(17)11(15-8)7-9-3-5-10(16)6-4-9/h3-7,12,16H,1-2H3/b11-7-. The lowest BCUT2D eigenvalue weighted by atomic mass is 10.0. The average molecular weight is 259 g/mol. The number of hydrogen-bond acceptors (Lipinski definition) is 5. The second-order valence-corrected chi connectivity index (χ2v) is 4.19. The molecule has 19 heavy (non-hydrogen) atoms. The van der Waals surface area contributed by atoms with Crippen molar-refractivity contribution in [1.82, 2.24) is 0 Å². The molecule has 0 aromatic heterocycles. The van der Waals surface area contributed by atoms with Gasteiger partial charge in [0.05, 0.1) is 7.11 Å². The van der Waals surface area contributed by atoms with Crippen molar-refractivity contribution in [3.63, 3.8) is 0 Å². The summed E-state index contributed by atoms with van der Waals surface area (Å²) in [7, 11) is 1.24. The first-order valence-electron chi connectivity index (χ1n) is 5.71. The number of nitrogens with zero attached hydrogens (tertiary/aromatic N) is 1. The minimum absolute atomic E-state index is 0.145. The molecule has 1 aliphatic rings. The summed E-state index contributed by atoms with van der Waals surface area (Å²) in [6.45, 7) is 1.62. The Morgan fingerprint density at radius 2 is 2.00 bits per heavy atom. The Morgan fingerprint density at radius 3 is 2.58 bits per heavy atom. The van der Waals surface area contributed by atoms with Gasteiger partial charge in [0.15, 0.2) is 5.92 Å². The monoisotopic (exact) mass is 259 g/mol. The molecule has 1 unspecified atom stereocenters. The predicted molar refractivity (Wildman–Crippen MR) is 69.7 cm³/mol. The third kappa shape index (κ3) is 2.54. The van der Waals surface area contributed by atoms with Gasteiger partial charge in [0.25, 0.3) is 0 Å². The topological polar surface area (TPSA) is 76.0 Å². The number of phenols is 1. The van der Waals surface area contributed by atoms with Gasteiger partial charge in [0.1, 0.15) is 11.4 Å². The number of phenolic OH excluding ortho intramolecular Hbond substituents is 1. The van der Waals surface area contributed by atoms with Crippen LogP contribution >= 0.6 is 0 Å². The highest BCUT2D eigenvalue weighted by molar-refractivity contribution is 6.28. The van der Waals surface area contributed by atoms with Crippen molar-refractivity contribution in [2.75, 3.05) is 7.11 Å². The summed E-state index contributed by atoms with van der Waals surface area (Å²) < 4.78 is 4.59. The maximum atomic E-state index is 12.1. The Morgan fingerprint density at radius 1 is 1.37 bits per heavy atom. The third-order valence-electron chi connectivity index (χ3n) is 2.86. The largest absolute Gasteiger partial charge is 0.508 e. The molecule has 0 fully saturated rings. The van der Waals surface area contributed by atoms with Crippen LogP contribution in [0.15, 0.2) is 35.0 Å². The summed E-state index contributed by atoms with van der Waals surface area (Å²) in [6.07, 6.45) is 1.58. The van der Waals surface area contributed by atoms with Gasteiger partial charge >= 0.3 is 5.97 Å². The predicted octanol–water partition coefficient (Wildman–Crippen LogP) is 1.57. The molecule has 5 heteroatoms. The van der Waals surface area contributed by atoms with Gasteiger partial charge in [0, 0.05) is 5.71 Å². The Bertz CT molecular complexity index is 584. The number of allylic oxidation sites excluding steroid dienone is 1. The van der Waals surface area contributed by atoms with E-state index in [0.29, 0.717) is 5.71 Å². The molecule has 5 nitrogen and oxygen atoms in total. The number of aromatic hydroxyl groups is 1. The van der Waals surface area contributed by atoms with Gasteiger partial charge < -0.3 is 9.84 Å². The maximum absolute atomic E-state index is 12.1. The molecule has 1 aliphatic heterocycles. The van der Waals surface area contributed by atoms with Crippen LogP contribution in [0.25, 0.3) is 6.08 Å². The normalized spacial score (nSPS) is 20.5. The fraction of sp³-hybridized carbons (Fsp3) is 0.214. The van der Waals surface area contributed by atoms with E-state index in [9.17, 15) is 14.7 Å². The van der Waals surface area contributed by atoms with Crippen LogP contribution in [0.4, 0.5) is 0 Å². The van der Waals surface area contributed by atoms with Crippen LogP contribution in [0.3, 0.4) is 0 Å². The first-order chi connectivity index (χ1) is 9.02. The van der Waals surface area contributed by atoms with Gasteiger partial charge in [-0.2, -0.15) is 0 Å². The van der Waals surface area contributed by atoms with Crippen molar-refractivity contribution < 1.29 is 19.4 Å². The summed E-state index contributed by atoms with van der Waals surface area (Å²) in [6, 6.07) is 6.35. The molecular weight excluding hydrogens is 246 g/mol. The molecule has 0 amide bonds. The summed E-state index contributed by atoms with van der Waals surface area (Å²) in [5, 5.41) is 9.18. The van der Waals surface area contributed by atoms with Crippen molar-refractivity contribution in [1.29, 1.82) is 0 Å². The zero-order chi connectivity index (χ0) is 14.0. The molecule has 1 heterocycles. The molecule has 1 N–H and O–H groups in total. The van der Waals surface area contributed by atoms with Crippen molar-refractivity contribution >= 4 is 23.5 Å².